The summed E-state index contributed by atoms with van der Waals surface area (Å²) in [5.74, 6) is 0. The van der Waals surface area contributed by atoms with E-state index in [-0.39, 0.29) is 12.6 Å². The van der Waals surface area contributed by atoms with Crippen LogP contribution in [0.5, 0.6) is 0 Å². The normalized spacial score (nSPS) is 12.5. The van der Waals surface area contributed by atoms with Gasteiger partial charge in [0.1, 0.15) is 0 Å². The molecule has 17 heavy (non-hydrogen) atoms. The third-order valence-corrected chi connectivity index (χ3v) is 2.91. The molecule has 0 spiro atoms. The highest BCUT2D eigenvalue weighted by Gasteiger charge is 2.29. The number of halogens is 3. The van der Waals surface area contributed by atoms with Gasteiger partial charge in [0.15, 0.2) is 0 Å². The largest absolute Gasteiger partial charge is 0.506 e. The molecule has 0 aromatic heterocycles. The van der Waals surface area contributed by atoms with Gasteiger partial charge in [-0.05, 0) is 19.4 Å². The van der Waals surface area contributed by atoms with E-state index >= 15 is 0 Å². The van der Waals surface area contributed by atoms with Gasteiger partial charge in [-0.2, -0.15) is 0 Å². The van der Waals surface area contributed by atoms with E-state index in [0.29, 0.717) is 13.2 Å². The Balaban J connectivity index is 4.52. The van der Waals surface area contributed by atoms with Crippen LogP contribution in [0.25, 0.3) is 0 Å². The maximum atomic E-state index is 12.5. The van der Waals surface area contributed by atoms with E-state index < -0.39 is 12.4 Å². The minimum absolute atomic E-state index is 0.112. The summed E-state index contributed by atoms with van der Waals surface area (Å²) in [6, 6.07) is 0.153. The summed E-state index contributed by atoms with van der Waals surface area (Å²) in [5, 5.41) is 0. The van der Waals surface area contributed by atoms with Crippen LogP contribution in [-0.2, 0) is 4.74 Å². The fourth-order valence-corrected chi connectivity index (χ4v) is 1.77. The number of nitrogens with zero attached hydrogens (tertiary/aromatic N) is 1. The summed E-state index contributed by atoms with van der Waals surface area (Å²) >= 11 is 0. The van der Waals surface area contributed by atoms with Crippen LogP contribution in [-0.4, -0.2) is 44.7 Å². The lowest BCUT2D eigenvalue weighted by molar-refractivity contribution is 0.123. The number of methoxy groups -OCH3 is 1. The van der Waals surface area contributed by atoms with Crippen LogP contribution in [0.4, 0.5) is 12.9 Å². The molecule has 0 aromatic rings. The minimum Gasteiger partial charge on any atom is -0.445 e. The predicted molar refractivity (Wildman–Crippen MR) is 66.0 cm³/mol. The number of hydrogen-bond donors (Lipinski definition) is 0. The molecule has 0 saturated heterocycles. The van der Waals surface area contributed by atoms with E-state index in [1.165, 1.54) is 0 Å². The van der Waals surface area contributed by atoms with E-state index in [9.17, 15) is 12.9 Å². The van der Waals surface area contributed by atoms with Gasteiger partial charge in [0.25, 0.3) is 0 Å². The van der Waals surface area contributed by atoms with Crippen molar-refractivity contribution in [3.63, 3.8) is 0 Å². The van der Waals surface area contributed by atoms with Crippen molar-refractivity contribution in [1.82, 2.24) is 4.90 Å². The molecular weight excluding hydrogens is 230 g/mol. The lowest BCUT2D eigenvalue weighted by atomic mass is 9.80. The summed E-state index contributed by atoms with van der Waals surface area (Å²) in [7, 11) is 1.55. The second-order valence-electron chi connectivity index (χ2n) is 4.17. The van der Waals surface area contributed by atoms with Crippen molar-refractivity contribution in [3.05, 3.63) is 12.1 Å². The zero-order chi connectivity index (χ0) is 13.5. The van der Waals surface area contributed by atoms with Crippen molar-refractivity contribution in [2.24, 2.45) is 0 Å². The van der Waals surface area contributed by atoms with Crippen LogP contribution in [0.2, 0.25) is 0 Å². The first kappa shape index (κ1) is 16.5. The highest BCUT2D eigenvalue weighted by molar-refractivity contribution is 6.66. The molecule has 0 atom stereocenters. The molecule has 102 valence electrons. The van der Waals surface area contributed by atoms with Crippen molar-refractivity contribution in [2.45, 2.75) is 32.7 Å². The van der Waals surface area contributed by atoms with Gasteiger partial charge in [-0.3, -0.25) is 4.90 Å². The molecule has 0 heterocycles. The molecule has 0 aliphatic rings. The standard InChI is InChI=1S/C11H22BF3NO/c1-5-11(6-2)16(7-8-17-4)9-10(3)12(13,14)15/h11H,3,5-9H2,1-2,4H3/q-1. The maximum absolute atomic E-state index is 12.5. The van der Waals surface area contributed by atoms with Gasteiger partial charge in [-0.1, -0.05) is 13.8 Å². The molecule has 0 aromatic carbocycles. The maximum Gasteiger partial charge on any atom is 0.506 e. The highest BCUT2D eigenvalue weighted by Crippen LogP contribution is 2.21. The number of rotatable bonds is 9. The summed E-state index contributed by atoms with van der Waals surface area (Å²) in [6.45, 7) is 3.00. The average Bonchev–Trinajstić information content (AvgIpc) is 2.25. The van der Waals surface area contributed by atoms with E-state index in [2.05, 4.69) is 6.58 Å². The molecule has 0 aliphatic carbocycles. The Morgan fingerprint density at radius 1 is 1.29 bits per heavy atom. The van der Waals surface area contributed by atoms with Gasteiger partial charge in [0.05, 0.1) is 6.61 Å². The van der Waals surface area contributed by atoms with Gasteiger partial charge in [0.2, 0.25) is 0 Å². The van der Waals surface area contributed by atoms with Crippen LogP contribution in [0.3, 0.4) is 0 Å². The van der Waals surface area contributed by atoms with Gasteiger partial charge >= 0.3 is 6.98 Å². The fourth-order valence-electron chi connectivity index (χ4n) is 1.77. The van der Waals surface area contributed by atoms with Crippen LogP contribution in [0, 0.1) is 0 Å². The first-order chi connectivity index (χ1) is 7.86. The minimum atomic E-state index is -4.94. The Morgan fingerprint density at radius 3 is 2.18 bits per heavy atom. The Hall–Kier alpha value is -0.485. The zero-order valence-corrected chi connectivity index (χ0v) is 10.9. The molecule has 0 radical (unpaired) electrons. The molecule has 0 amide bonds. The molecule has 0 saturated carbocycles. The lowest BCUT2D eigenvalue weighted by Gasteiger charge is -2.33. The molecule has 0 N–H and O–H groups in total. The molecule has 0 fully saturated rings. The Kier molecular flexibility index (Phi) is 7.55. The second kappa shape index (κ2) is 7.77. The quantitative estimate of drug-likeness (QED) is 0.585. The predicted octanol–water partition coefficient (Wildman–Crippen LogP) is 3.07. The average molecular weight is 252 g/mol. The van der Waals surface area contributed by atoms with Gasteiger partial charge < -0.3 is 17.7 Å². The monoisotopic (exact) mass is 252 g/mol. The summed E-state index contributed by atoms with van der Waals surface area (Å²) in [4.78, 5) is 1.81. The first-order valence-electron chi connectivity index (χ1n) is 5.97. The van der Waals surface area contributed by atoms with Crippen LogP contribution in [0.15, 0.2) is 12.1 Å². The van der Waals surface area contributed by atoms with E-state index in [1.54, 1.807) is 12.0 Å². The molecule has 0 aliphatic heterocycles. The van der Waals surface area contributed by atoms with Crippen LogP contribution in [0.1, 0.15) is 26.7 Å². The van der Waals surface area contributed by atoms with E-state index in [0.717, 1.165) is 12.8 Å². The first-order valence-corrected chi connectivity index (χ1v) is 5.97. The van der Waals surface area contributed by atoms with Crippen molar-refractivity contribution < 1.29 is 17.7 Å². The molecule has 0 bridgehead atoms. The van der Waals surface area contributed by atoms with Crippen molar-refractivity contribution in [1.29, 1.82) is 0 Å². The van der Waals surface area contributed by atoms with Gasteiger partial charge in [-0.15, -0.1) is 12.1 Å². The third-order valence-electron chi connectivity index (χ3n) is 2.91. The van der Waals surface area contributed by atoms with Crippen LogP contribution < -0.4 is 0 Å². The Morgan fingerprint density at radius 2 is 1.82 bits per heavy atom. The summed E-state index contributed by atoms with van der Waals surface area (Å²) in [5.41, 5.74) is -0.631. The van der Waals surface area contributed by atoms with E-state index in [1.807, 2.05) is 13.8 Å². The molecular formula is C11H22BF3NO-. The smallest absolute Gasteiger partial charge is 0.445 e. The Labute approximate surface area is 102 Å². The van der Waals surface area contributed by atoms with Crippen molar-refractivity contribution >= 4 is 6.98 Å². The van der Waals surface area contributed by atoms with Crippen molar-refractivity contribution in [2.75, 3.05) is 26.8 Å². The molecule has 2 nitrogen and oxygen atoms in total. The second-order valence-corrected chi connectivity index (χ2v) is 4.17. The SMILES string of the molecule is C=C(CN(CCOC)C(CC)CC)[B-](F)(F)F. The zero-order valence-electron chi connectivity index (χ0n) is 10.9. The summed E-state index contributed by atoms with van der Waals surface area (Å²) < 4.78 is 42.5. The molecule has 0 unspecified atom stereocenters. The number of ether oxygens (including phenoxy) is 1. The Bertz CT molecular complexity index is 229. The lowest BCUT2D eigenvalue weighted by Crippen LogP contribution is -2.41. The summed E-state index contributed by atoms with van der Waals surface area (Å²) in [6.07, 6.45) is 1.66. The van der Waals surface area contributed by atoms with Crippen molar-refractivity contribution in [3.8, 4) is 0 Å². The number of hydrogen-bond acceptors (Lipinski definition) is 2. The topological polar surface area (TPSA) is 12.5 Å². The third kappa shape index (κ3) is 6.12. The molecule has 6 heteroatoms. The molecule has 0 rings (SSSR count). The van der Waals surface area contributed by atoms with E-state index in [4.69, 9.17) is 4.74 Å². The fraction of sp³-hybridized carbons (Fsp3) is 0.818. The van der Waals surface area contributed by atoms with Gasteiger partial charge in [0, 0.05) is 19.7 Å². The highest BCUT2D eigenvalue weighted by atomic mass is 19.4. The van der Waals surface area contributed by atoms with Gasteiger partial charge in [-0.25, -0.2) is 0 Å². The van der Waals surface area contributed by atoms with Crippen LogP contribution >= 0.6 is 0 Å².